The third kappa shape index (κ3) is 0.700. The quantitative estimate of drug-likeness (QED) is 0.482. The van der Waals surface area contributed by atoms with Gasteiger partial charge in [0, 0.05) is 12.1 Å². The number of fused-ring (bicyclic) bond motifs is 1. The van der Waals surface area contributed by atoms with Crippen LogP contribution >= 0.6 is 0 Å². The number of rotatable bonds is 0. The molecule has 2 aliphatic rings. The maximum atomic E-state index is 6.10. The Morgan fingerprint density at radius 3 is 3.22 bits per heavy atom. The number of hydrogen-bond donors (Lipinski definition) is 2. The van der Waals surface area contributed by atoms with E-state index in [9.17, 15) is 0 Å². The highest BCUT2D eigenvalue weighted by molar-refractivity contribution is 5.03. The molecule has 1 aliphatic heterocycles. The monoisotopic (exact) mass is 126 g/mol. The second-order valence-electron chi connectivity index (χ2n) is 3.45. The summed E-state index contributed by atoms with van der Waals surface area (Å²) in [6.45, 7) is 2.22. The van der Waals surface area contributed by atoms with E-state index in [1.54, 1.807) is 0 Å². The lowest BCUT2D eigenvalue weighted by molar-refractivity contribution is 0.402. The average Bonchev–Trinajstić information content (AvgIpc) is 2.22. The van der Waals surface area contributed by atoms with Crippen molar-refractivity contribution in [2.45, 2.75) is 24.8 Å². The van der Waals surface area contributed by atoms with Crippen LogP contribution in [0.3, 0.4) is 0 Å². The summed E-state index contributed by atoms with van der Waals surface area (Å²) in [5, 5.41) is 3.34. The minimum Gasteiger partial charge on any atom is -0.324 e. The lowest BCUT2D eigenvalue weighted by Crippen LogP contribution is -2.43. The van der Waals surface area contributed by atoms with Gasteiger partial charge in [-0.2, -0.15) is 0 Å². The lowest BCUT2D eigenvalue weighted by Gasteiger charge is -2.21. The van der Waals surface area contributed by atoms with Crippen molar-refractivity contribution in [1.82, 2.24) is 5.32 Å². The molecule has 1 saturated heterocycles. The van der Waals surface area contributed by atoms with Crippen LogP contribution in [0.5, 0.6) is 0 Å². The molecule has 2 nitrogen and oxygen atoms in total. The average molecular weight is 126 g/mol. The molecule has 0 aromatic heterocycles. The largest absolute Gasteiger partial charge is 0.324 e. The first-order valence-corrected chi connectivity index (χ1v) is 3.81. The highest BCUT2D eigenvalue weighted by Gasteiger charge is 2.42. The first-order chi connectivity index (χ1) is 4.31. The lowest BCUT2D eigenvalue weighted by atomic mass is 9.92. The van der Waals surface area contributed by atoms with Gasteiger partial charge in [-0.15, -0.1) is 0 Å². The van der Waals surface area contributed by atoms with Gasteiger partial charge in [-0.05, 0) is 25.3 Å². The van der Waals surface area contributed by atoms with Gasteiger partial charge < -0.3 is 11.1 Å². The van der Waals surface area contributed by atoms with Crippen molar-refractivity contribution in [2.75, 3.05) is 13.1 Å². The molecule has 0 radical (unpaired) electrons. The van der Waals surface area contributed by atoms with Crippen molar-refractivity contribution in [2.24, 2.45) is 11.7 Å². The van der Waals surface area contributed by atoms with Gasteiger partial charge in [-0.25, -0.2) is 0 Å². The molecule has 3 N–H and O–H groups in total. The van der Waals surface area contributed by atoms with Gasteiger partial charge in [-0.1, -0.05) is 6.42 Å². The first-order valence-electron chi connectivity index (χ1n) is 3.81. The van der Waals surface area contributed by atoms with Crippen molar-refractivity contribution in [3.05, 3.63) is 0 Å². The zero-order valence-electron chi connectivity index (χ0n) is 5.69. The van der Waals surface area contributed by atoms with Crippen LogP contribution in [0.1, 0.15) is 19.3 Å². The van der Waals surface area contributed by atoms with Crippen molar-refractivity contribution in [3.8, 4) is 0 Å². The Morgan fingerprint density at radius 2 is 2.44 bits per heavy atom. The molecule has 1 saturated carbocycles. The Labute approximate surface area is 55.8 Å². The van der Waals surface area contributed by atoms with E-state index in [4.69, 9.17) is 5.73 Å². The van der Waals surface area contributed by atoms with E-state index in [1.807, 2.05) is 0 Å². The Hall–Kier alpha value is -0.0800. The molecule has 0 unspecified atom stereocenters. The van der Waals surface area contributed by atoms with E-state index >= 15 is 0 Å². The predicted molar refractivity (Wildman–Crippen MR) is 37.1 cm³/mol. The van der Waals surface area contributed by atoms with Gasteiger partial charge in [0.15, 0.2) is 0 Å². The van der Waals surface area contributed by atoms with Crippen LogP contribution in [0, 0.1) is 5.92 Å². The van der Waals surface area contributed by atoms with E-state index < -0.39 is 0 Å². The summed E-state index contributed by atoms with van der Waals surface area (Å²) in [4.78, 5) is 0. The molecule has 0 aromatic rings. The van der Waals surface area contributed by atoms with Gasteiger partial charge in [0.05, 0.1) is 0 Å². The minimum absolute atomic E-state index is 0.194. The van der Waals surface area contributed by atoms with E-state index in [-0.39, 0.29) is 5.54 Å². The molecule has 0 bridgehead atoms. The van der Waals surface area contributed by atoms with Crippen LogP contribution in [0.2, 0.25) is 0 Å². The summed E-state index contributed by atoms with van der Waals surface area (Å²) >= 11 is 0. The Balaban J connectivity index is 2.17. The highest BCUT2D eigenvalue weighted by atomic mass is 15.0. The molecule has 2 heteroatoms. The second-order valence-corrected chi connectivity index (χ2v) is 3.45. The number of nitrogens with one attached hydrogen (secondary N) is 1. The van der Waals surface area contributed by atoms with Crippen molar-refractivity contribution in [3.63, 3.8) is 0 Å². The van der Waals surface area contributed by atoms with Crippen molar-refractivity contribution in [1.29, 1.82) is 0 Å². The number of hydrogen-bond acceptors (Lipinski definition) is 2. The van der Waals surface area contributed by atoms with Crippen LogP contribution in [0.4, 0.5) is 0 Å². The SMILES string of the molecule is N[C@@]12CCC[C@@H]1CNC2. The zero-order chi connectivity index (χ0) is 6.32. The molecule has 52 valence electrons. The van der Waals surface area contributed by atoms with Crippen LogP contribution < -0.4 is 11.1 Å². The summed E-state index contributed by atoms with van der Waals surface area (Å²) in [7, 11) is 0. The molecule has 1 aliphatic carbocycles. The third-order valence-corrected chi connectivity index (χ3v) is 2.85. The Kier molecular flexibility index (Phi) is 1.08. The molecule has 2 rings (SSSR count). The zero-order valence-corrected chi connectivity index (χ0v) is 5.69. The minimum atomic E-state index is 0.194. The van der Waals surface area contributed by atoms with Crippen molar-refractivity contribution >= 4 is 0 Å². The highest BCUT2D eigenvalue weighted by Crippen LogP contribution is 2.35. The molecular formula is C7H14N2. The van der Waals surface area contributed by atoms with Crippen LogP contribution in [0.25, 0.3) is 0 Å². The molecule has 2 fully saturated rings. The molecular weight excluding hydrogens is 112 g/mol. The maximum Gasteiger partial charge on any atom is 0.0321 e. The van der Waals surface area contributed by atoms with Gasteiger partial charge >= 0.3 is 0 Å². The van der Waals surface area contributed by atoms with E-state index in [0.29, 0.717) is 0 Å². The van der Waals surface area contributed by atoms with Crippen LogP contribution in [-0.2, 0) is 0 Å². The Bertz CT molecular complexity index is 112. The fraction of sp³-hybridized carbons (Fsp3) is 1.00. The topological polar surface area (TPSA) is 38.0 Å². The number of nitrogens with two attached hydrogens (primary N) is 1. The van der Waals surface area contributed by atoms with E-state index in [2.05, 4.69) is 5.32 Å². The smallest absolute Gasteiger partial charge is 0.0321 e. The van der Waals surface area contributed by atoms with Gasteiger partial charge in [0.2, 0.25) is 0 Å². The van der Waals surface area contributed by atoms with E-state index in [1.165, 1.54) is 19.3 Å². The fourth-order valence-electron chi connectivity index (χ4n) is 2.19. The summed E-state index contributed by atoms with van der Waals surface area (Å²) in [5.41, 5.74) is 6.30. The summed E-state index contributed by atoms with van der Waals surface area (Å²) in [6.07, 6.45) is 3.94. The molecule has 1 heterocycles. The van der Waals surface area contributed by atoms with Crippen LogP contribution in [-0.4, -0.2) is 18.6 Å². The first kappa shape index (κ1) is 5.69. The van der Waals surface area contributed by atoms with E-state index in [0.717, 1.165) is 19.0 Å². The van der Waals surface area contributed by atoms with Gasteiger partial charge in [0.1, 0.15) is 0 Å². The van der Waals surface area contributed by atoms with Gasteiger partial charge in [0.25, 0.3) is 0 Å². The second kappa shape index (κ2) is 1.70. The molecule has 2 atom stereocenters. The Morgan fingerprint density at radius 1 is 1.56 bits per heavy atom. The molecule has 0 spiro atoms. The molecule has 0 amide bonds. The normalized spacial score (nSPS) is 49.7. The molecule has 9 heavy (non-hydrogen) atoms. The maximum absolute atomic E-state index is 6.10. The summed E-state index contributed by atoms with van der Waals surface area (Å²) < 4.78 is 0. The third-order valence-electron chi connectivity index (χ3n) is 2.85. The standard InChI is InChI=1S/C7H14N2/c8-7-3-1-2-6(7)4-9-5-7/h6,9H,1-5,8H2/t6-,7-/m1/s1. The summed E-state index contributed by atoms with van der Waals surface area (Å²) in [5.74, 6) is 0.789. The van der Waals surface area contributed by atoms with Crippen LogP contribution in [0.15, 0.2) is 0 Å². The van der Waals surface area contributed by atoms with Gasteiger partial charge in [-0.3, -0.25) is 0 Å². The van der Waals surface area contributed by atoms with Crippen molar-refractivity contribution < 1.29 is 0 Å². The predicted octanol–water partition coefficient (Wildman–Crippen LogP) is 0.0872. The molecule has 0 aromatic carbocycles. The summed E-state index contributed by atoms with van der Waals surface area (Å²) in [6, 6.07) is 0. The fourth-order valence-corrected chi connectivity index (χ4v) is 2.19.